The standard InChI is InChI=1S/C19H25Cl2N5O/c1-27-26-17-12-25-18(24-11-14-3-2-4-15(20)19(14)21)9-16(17)23-10-13-5-7-22-8-6-13/h2-4,9,12-13,22,26H,5-8,10-11H2,1H3,(H2,23,24,25). The van der Waals surface area contributed by atoms with Gasteiger partial charge in [-0.3, -0.25) is 10.3 Å². The predicted molar refractivity (Wildman–Crippen MR) is 113 cm³/mol. The van der Waals surface area contributed by atoms with E-state index in [0.29, 0.717) is 22.5 Å². The summed E-state index contributed by atoms with van der Waals surface area (Å²) in [6.07, 6.45) is 4.11. The molecule has 0 radical (unpaired) electrons. The lowest BCUT2D eigenvalue weighted by Crippen LogP contribution is -2.31. The van der Waals surface area contributed by atoms with E-state index in [1.807, 2.05) is 18.2 Å². The Kier molecular flexibility index (Phi) is 7.41. The molecule has 2 aromatic rings. The molecule has 0 saturated carbocycles. The van der Waals surface area contributed by atoms with Crippen LogP contribution in [0.15, 0.2) is 30.5 Å². The summed E-state index contributed by atoms with van der Waals surface area (Å²) in [5, 5.41) is 11.3. The molecule has 0 spiro atoms. The van der Waals surface area contributed by atoms with Gasteiger partial charge in [0.1, 0.15) is 11.5 Å². The highest BCUT2D eigenvalue weighted by Crippen LogP contribution is 2.28. The number of anilines is 3. The fourth-order valence-corrected chi connectivity index (χ4v) is 3.49. The molecule has 1 aliphatic heterocycles. The molecule has 1 aromatic carbocycles. The minimum Gasteiger partial charge on any atom is -0.383 e. The molecule has 4 N–H and O–H groups in total. The summed E-state index contributed by atoms with van der Waals surface area (Å²) in [5.74, 6) is 1.41. The van der Waals surface area contributed by atoms with Crippen LogP contribution in [-0.4, -0.2) is 31.7 Å². The van der Waals surface area contributed by atoms with Gasteiger partial charge in [-0.15, -0.1) is 0 Å². The van der Waals surface area contributed by atoms with E-state index in [0.717, 1.165) is 42.4 Å². The van der Waals surface area contributed by atoms with Gasteiger partial charge in [0.05, 0.1) is 29.0 Å². The van der Waals surface area contributed by atoms with Crippen molar-refractivity contribution < 1.29 is 4.84 Å². The van der Waals surface area contributed by atoms with Gasteiger partial charge in [-0.2, -0.15) is 0 Å². The molecular formula is C19H25Cl2N5O. The van der Waals surface area contributed by atoms with E-state index in [-0.39, 0.29) is 0 Å². The Morgan fingerprint density at radius 1 is 1.19 bits per heavy atom. The molecule has 27 heavy (non-hydrogen) atoms. The van der Waals surface area contributed by atoms with E-state index in [1.54, 1.807) is 19.4 Å². The zero-order valence-electron chi connectivity index (χ0n) is 15.3. The second-order valence-electron chi connectivity index (χ2n) is 6.56. The third-order valence-electron chi connectivity index (χ3n) is 4.65. The Labute approximate surface area is 169 Å². The van der Waals surface area contributed by atoms with Crippen molar-refractivity contribution >= 4 is 40.4 Å². The number of aromatic nitrogens is 1. The Morgan fingerprint density at radius 2 is 2.00 bits per heavy atom. The fourth-order valence-electron chi connectivity index (χ4n) is 3.10. The Balaban J connectivity index is 1.67. The monoisotopic (exact) mass is 409 g/mol. The van der Waals surface area contributed by atoms with Gasteiger partial charge in [-0.05, 0) is 43.5 Å². The summed E-state index contributed by atoms with van der Waals surface area (Å²) in [5.41, 5.74) is 5.56. The van der Waals surface area contributed by atoms with Crippen LogP contribution in [0.1, 0.15) is 18.4 Å². The maximum absolute atomic E-state index is 6.26. The van der Waals surface area contributed by atoms with Crippen LogP contribution in [0.5, 0.6) is 0 Å². The van der Waals surface area contributed by atoms with Crippen LogP contribution in [0.4, 0.5) is 17.2 Å². The second-order valence-corrected chi connectivity index (χ2v) is 7.35. The van der Waals surface area contributed by atoms with E-state index in [9.17, 15) is 0 Å². The minimum absolute atomic E-state index is 0.539. The maximum Gasteiger partial charge on any atom is 0.128 e. The molecular weight excluding hydrogens is 385 g/mol. The van der Waals surface area contributed by atoms with Gasteiger partial charge in [-0.25, -0.2) is 4.98 Å². The second kappa shape index (κ2) is 9.99. The van der Waals surface area contributed by atoms with E-state index < -0.39 is 0 Å². The first-order valence-electron chi connectivity index (χ1n) is 9.07. The van der Waals surface area contributed by atoms with Gasteiger partial charge >= 0.3 is 0 Å². The van der Waals surface area contributed by atoms with Crippen LogP contribution >= 0.6 is 23.2 Å². The van der Waals surface area contributed by atoms with E-state index in [2.05, 4.69) is 26.4 Å². The number of nitrogens with one attached hydrogen (secondary N) is 4. The topological polar surface area (TPSA) is 70.2 Å². The molecule has 1 aliphatic rings. The van der Waals surface area contributed by atoms with Crippen LogP contribution in [0.25, 0.3) is 0 Å². The lowest BCUT2D eigenvalue weighted by molar-refractivity contribution is 0.271. The summed E-state index contributed by atoms with van der Waals surface area (Å²) in [4.78, 5) is 9.51. The van der Waals surface area contributed by atoms with Crippen molar-refractivity contribution in [3.63, 3.8) is 0 Å². The van der Waals surface area contributed by atoms with Crippen molar-refractivity contribution in [2.24, 2.45) is 5.92 Å². The Bertz CT molecular complexity index is 753. The fraction of sp³-hybridized carbons (Fsp3) is 0.421. The minimum atomic E-state index is 0.539. The average molecular weight is 410 g/mol. The van der Waals surface area contributed by atoms with Crippen molar-refractivity contribution in [3.05, 3.63) is 46.1 Å². The van der Waals surface area contributed by atoms with Gasteiger partial charge in [-0.1, -0.05) is 35.3 Å². The van der Waals surface area contributed by atoms with Crippen molar-refractivity contribution in [1.82, 2.24) is 10.3 Å². The summed E-state index contributed by atoms with van der Waals surface area (Å²) in [6.45, 7) is 3.62. The molecule has 1 aromatic heterocycles. The molecule has 0 bridgehead atoms. The molecule has 0 amide bonds. The number of rotatable bonds is 8. The third kappa shape index (κ3) is 5.62. The average Bonchev–Trinajstić information content (AvgIpc) is 2.70. The molecule has 2 heterocycles. The van der Waals surface area contributed by atoms with Crippen molar-refractivity contribution in [3.8, 4) is 0 Å². The maximum atomic E-state index is 6.26. The van der Waals surface area contributed by atoms with E-state index in [4.69, 9.17) is 28.0 Å². The van der Waals surface area contributed by atoms with Crippen molar-refractivity contribution in [1.29, 1.82) is 0 Å². The molecule has 0 unspecified atom stereocenters. The normalized spacial score (nSPS) is 14.8. The number of pyridine rings is 1. The number of nitrogens with zero attached hydrogens (tertiary/aromatic N) is 1. The summed E-state index contributed by atoms with van der Waals surface area (Å²) in [7, 11) is 1.59. The predicted octanol–water partition coefficient (Wildman–Crippen LogP) is 4.39. The first kappa shape index (κ1) is 20.0. The Hall–Kier alpha value is -1.73. The highest BCUT2D eigenvalue weighted by atomic mass is 35.5. The van der Waals surface area contributed by atoms with Gasteiger partial charge < -0.3 is 16.0 Å². The molecule has 146 valence electrons. The van der Waals surface area contributed by atoms with Crippen LogP contribution in [-0.2, 0) is 11.4 Å². The van der Waals surface area contributed by atoms with Crippen LogP contribution in [0.3, 0.4) is 0 Å². The molecule has 0 aliphatic carbocycles. The lowest BCUT2D eigenvalue weighted by Gasteiger charge is -2.24. The van der Waals surface area contributed by atoms with Gasteiger partial charge in [0.25, 0.3) is 0 Å². The number of hydrogen-bond donors (Lipinski definition) is 4. The largest absolute Gasteiger partial charge is 0.383 e. The SMILES string of the molecule is CONc1cnc(NCc2cccc(Cl)c2Cl)cc1NCC1CCNCC1. The van der Waals surface area contributed by atoms with E-state index >= 15 is 0 Å². The van der Waals surface area contributed by atoms with Gasteiger partial charge in [0.15, 0.2) is 0 Å². The smallest absolute Gasteiger partial charge is 0.128 e. The first-order valence-corrected chi connectivity index (χ1v) is 9.83. The van der Waals surface area contributed by atoms with Crippen molar-refractivity contribution in [2.75, 3.05) is 42.9 Å². The molecule has 8 heteroatoms. The quantitative estimate of drug-likeness (QED) is 0.484. The van der Waals surface area contributed by atoms with Crippen LogP contribution in [0.2, 0.25) is 10.0 Å². The van der Waals surface area contributed by atoms with Gasteiger partial charge in [0.2, 0.25) is 0 Å². The number of piperidine rings is 1. The number of benzene rings is 1. The Morgan fingerprint density at radius 3 is 2.78 bits per heavy atom. The summed E-state index contributed by atoms with van der Waals surface area (Å²) in [6, 6.07) is 7.58. The molecule has 6 nitrogen and oxygen atoms in total. The molecule has 3 rings (SSSR count). The molecule has 1 saturated heterocycles. The summed E-state index contributed by atoms with van der Waals surface area (Å²) < 4.78 is 0. The number of halogens is 2. The molecule has 1 fully saturated rings. The highest BCUT2D eigenvalue weighted by Gasteiger charge is 2.14. The number of hydrogen-bond acceptors (Lipinski definition) is 6. The zero-order valence-corrected chi connectivity index (χ0v) is 16.8. The lowest BCUT2D eigenvalue weighted by atomic mass is 9.98. The summed E-state index contributed by atoms with van der Waals surface area (Å²) >= 11 is 12.3. The van der Waals surface area contributed by atoms with Crippen molar-refractivity contribution in [2.45, 2.75) is 19.4 Å². The van der Waals surface area contributed by atoms with E-state index in [1.165, 1.54) is 12.8 Å². The van der Waals surface area contributed by atoms with Gasteiger partial charge in [0, 0.05) is 19.2 Å². The van der Waals surface area contributed by atoms with Crippen LogP contribution < -0.4 is 21.4 Å². The molecule has 0 atom stereocenters. The third-order valence-corrected chi connectivity index (χ3v) is 5.51. The highest BCUT2D eigenvalue weighted by molar-refractivity contribution is 6.42. The first-order chi connectivity index (χ1) is 13.2. The zero-order chi connectivity index (χ0) is 19.1. The van der Waals surface area contributed by atoms with Crippen LogP contribution in [0, 0.1) is 5.92 Å².